The van der Waals surface area contributed by atoms with Crippen molar-refractivity contribution in [3.8, 4) is 0 Å². The summed E-state index contributed by atoms with van der Waals surface area (Å²) in [5.41, 5.74) is 6.21. The van der Waals surface area contributed by atoms with Crippen molar-refractivity contribution in [1.82, 2.24) is 10.2 Å². The number of nitrogens with two attached hydrogens (primary N) is 1. The standard InChI is InChI=1S/C17H22N4O3/c18-15(22)11-3-5-13(6-4-11)19-16(23)12-2-1-9-21(10-12)17(24)20-14-7-8-14/h3-6,12,14H,1-2,7-10H2,(H2,18,22)(H,19,23)(H,20,24)/t12-/m1/s1. The van der Waals surface area contributed by atoms with Crippen LogP contribution in [0.4, 0.5) is 10.5 Å². The smallest absolute Gasteiger partial charge is 0.317 e. The SMILES string of the molecule is NC(=O)c1ccc(NC(=O)[C@@H]2CCCN(C(=O)NC3CC3)C2)cc1. The van der Waals surface area contributed by atoms with Crippen molar-refractivity contribution in [2.45, 2.75) is 31.7 Å². The number of carbonyl (C=O) groups excluding carboxylic acids is 3. The van der Waals surface area contributed by atoms with Crippen LogP contribution in [0.3, 0.4) is 0 Å². The molecule has 1 saturated carbocycles. The van der Waals surface area contributed by atoms with Gasteiger partial charge in [-0.2, -0.15) is 0 Å². The maximum Gasteiger partial charge on any atom is 0.317 e. The van der Waals surface area contributed by atoms with E-state index in [1.165, 1.54) is 0 Å². The highest BCUT2D eigenvalue weighted by Crippen LogP contribution is 2.22. The third-order valence-corrected chi connectivity index (χ3v) is 4.42. The number of hydrogen-bond acceptors (Lipinski definition) is 3. The Kier molecular flexibility index (Phi) is 4.69. The number of primary amides is 1. The van der Waals surface area contributed by atoms with E-state index < -0.39 is 5.91 Å². The van der Waals surface area contributed by atoms with E-state index in [4.69, 9.17) is 5.73 Å². The van der Waals surface area contributed by atoms with E-state index >= 15 is 0 Å². The van der Waals surface area contributed by atoms with Crippen molar-refractivity contribution in [1.29, 1.82) is 0 Å². The van der Waals surface area contributed by atoms with Gasteiger partial charge in [0, 0.05) is 30.4 Å². The number of likely N-dealkylation sites (tertiary alicyclic amines) is 1. The molecule has 2 fully saturated rings. The Morgan fingerprint density at radius 2 is 1.79 bits per heavy atom. The molecule has 4 amide bonds. The summed E-state index contributed by atoms with van der Waals surface area (Å²) in [6.07, 6.45) is 3.67. The second-order valence-electron chi connectivity index (χ2n) is 6.44. The lowest BCUT2D eigenvalue weighted by Gasteiger charge is -2.32. The van der Waals surface area contributed by atoms with Crippen LogP contribution in [0.25, 0.3) is 0 Å². The lowest BCUT2D eigenvalue weighted by molar-refractivity contribution is -0.121. The molecule has 4 N–H and O–H groups in total. The predicted octanol–water partition coefficient (Wildman–Crippen LogP) is 1.31. The Balaban J connectivity index is 1.55. The Morgan fingerprint density at radius 1 is 1.08 bits per heavy atom. The molecule has 0 aromatic heterocycles. The predicted molar refractivity (Wildman–Crippen MR) is 89.4 cm³/mol. The number of rotatable bonds is 4. The van der Waals surface area contributed by atoms with Gasteiger partial charge in [-0.3, -0.25) is 9.59 Å². The van der Waals surface area contributed by atoms with Gasteiger partial charge >= 0.3 is 6.03 Å². The summed E-state index contributed by atoms with van der Waals surface area (Å²) in [6, 6.07) is 6.70. The molecular weight excluding hydrogens is 308 g/mol. The van der Waals surface area contributed by atoms with Crippen molar-refractivity contribution in [3.63, 3.8) is 0 Å². The van der Waals surface area contributed by atoms with Crippen LogP contribution in [0.1, 0.15) is 36.0 Å². The van der Waals surface area contributed by atoms with E-state index in [9.17, 15) is 14.4 Å². The monoisotopic (exact) mass is 330 g/mol. The van der Waals surface area contributed by atoms with Crippen molar-refractivity contribution in [2.24, 2.45) is 11.7 Å². The van der Waals surface area contributed by atoms with Crippen LogP contribution < -0.4 is 16.4 Å². The molecule has 0 radical (unpaired) electrons. The minimum Gasteiger partial charge on any atom is -0.366 e. The molecule has 2 aliphatic rings. The summed E-state index contributed by atoms with van der Waals surface area (Å²) in [5.74, 6) is -0.831. The molecule has 7 nitrogen and oxygen atoms in total. The van der Waals surface area contributed by atoms with E-state index in [1.54, 1.807) is 29.2 Å². The molecule has 1 aliphatic heterocycles. The quantitative estimate of drug-likeness (QED) is 0.775. The Morgan fingerprint density at radius 3 is 2.42 bits per heavy atom. The molecule has 24 heavy (non-hydrogen) atoms. The number of nitrogens with one attached hydrogen (secondary N) is 2. The maximum absolute atomic E-state index is 12.4. The van der Waals surface area contributed by atoms with Crippen LogP contribution in [0.2, 0.25) is 0 Å². The third-order valence-electron chi connectivity index (χ3n) is 4.42. The Bertz CT molecular complexity index is 640. The van der Waals surface area contributed by atoms with Crippen LogP contribution in [0.5, 0.6) is 0 Å². The zero-order valence-corrected chi connectivity index (χ0v) is 13.5. The number of urea groups is 1. The normalized spacial score (nSPS) is 20.3. The zero-order chi connectivity index (χ0) is 17.1. The minimum atomic E-state index is -0.502. The van der Waals surface area contributed by atoms with Gasteiger partial charge in [-0.1, -0.05) is 0 Å². The molecule has 0 spiro atoms. The maximum atomic E-state index is 12.4. The lowest BCUT2D eigenvalue weighted by Crippen LogP contribution is -2.48. The molecule has 3 rings (SSSR count). The van der Waals surface area contributed by atoms with Gasteiger partial charge in [0.15, 0.2) is 0 Å². The second-order valence-corrected chi connectivity index (χ2v) is 6.44. The van der Waals surface area contributed by atoms with E-state index in [0.717, 1.165) is 25.7 Å². The summed E-state index contributed by atoms with van der Waals surface area (Å²) >= 11 is 0. The van der Waals surface area contributed by atoms with Gasteiger partial charge in [-0.05, 0) is 49.9 Å². The number of carbonyl (C=O) groups is 3. The fourth-order valence-corrected chi connectivity index (χ4v) is 2.83. The van der Waals surface area contributed by atoms with Crippen molar-refractivity contribution in [2.75, 3.05) is 18.4 Å². The number of anilines is 1. The van der Waals surface area contributed by atoms with Crippen molar-refractivity contribution in [3.05, 3.63) is 29.8 Å². The molecule has 1 atom stereocenters. The molecule has 128 valence electrons. The van der Waals surface area contributed by atoms with Crippen molar-refractivity contribution >= 4 is 23.5 Å². The first-order valence-corrected chi connectivity index (χ1v) is 8.29. The number of benzene rings is 1. The topological polar surface area (TPSA) is 105 Å². The number of piperidine rings is 1. The van der Waals surface area contributed by atoms with Gasteiger partial charge in [-0.15, -0.1) is 0 Å². The lowest BCUT2D eigenvalue weighted by atomic mass is 9.97. The van der Waals surface area contributed by atoms with Crippen LogP contribution in [0.15, 0.2) is 24.3 Å². The van der Waals surface area contributed by atoms with Crippen LogP contribution in [0, 0.1) is 5.92 Å². The van der Waals surface area contributed by atoms with Crippen LogP contribution in [-0.2, 0) is 4.79 Å². The first kappa shape index (κ1) is 16.3. The average Bonchev–Trinajstić information content (AvgIpc) is 3.39. The Labute approximate surface area is 140 Å². The first-order chi connectivity index (χ1) is 11.5. The van der Waals surface area contributed by atoms with Crippen LogP contribution in [-0.4, -0.2) is 41.9 Å². The summed E-state index contributed by atoms with van der Waals surface area (Å²) in [5, 5.41) is 5.80. The molecule has 0 bridgehead atoms. The van der Waals surface area contributed by atoms with E-state index in [-0.39, 0.29) is 17.9 Å². The van der Waals surface area contributed by atoms with E-state index in [0.29, 0.717) is 30.4 Å². The average molecular weight is 330 g/mol. The summed E-state index contributed by atoms with van der Waals surface area (Å²) in [7, 11) is 0. The van der Waals surface area contributed by atoms with Gasteiger partial charge in [0.05, 0.1) is 5.92 Å². The zero-order valence-electron chi connectivity index (χ0n) is 13.5. The van der Waals surface area contributed by atoms with Gasteiger partial charge in [0.2, 0.25) is 11.8 Å². The first-order valence-electron chi connectivity index (χ1n) is 8.29. The molecule has 1 aromatic rings. The van der Waals surface area contributed by atoms with Crippen molar-refractivity contribution < 1.29 is 14.4 Å². The fourth-order valence-electron chi connectivity index (χ4n) is 2.83. The highest BCUT2D eigenvalue weighted by atomic mass is 16.2. The third kappa shape index (κ3) is 4.04. The van der Waals surface area contributed by atoms with Gasteiger partial charge in [0.1, 0.15) is 0 Å². The Hall–Kier alpha value is -2.57. The number of nitrogens with zero attached hydrogens (tertiary/aromatic N) is 1. The fraction of sp³-hybridized carbons (Fsp3) is 0.471. The molecule has 1 heterocycles. The highest BCUT2D eigenvalue weighted by Gasteiger charge is 2.31. The highest BCUT2D eigenvalue weighted by molar-refractivity contribution is 5.95. The van der Waals surface area contributed by atoms with Crippen LogP contribution >= 0.6 is 0 Å². The summed E-state index contributed by atoms with van der Waals surface area (Å²) in [6.45, 7) is 1.12. The van der Waals surface area contributed by atoms with Gasteiger partial charge in [-0.25, -0.2) is 4.79 Å². The molecule has 1 aromatic carbocycles. The second kappa shape index (κ2) is 6.90. The molecular formula is C17H22N4O3. The molecule has 1 saturated heterocycles. The molecule has 0 unspecified atom stereocenters. The number of amides is 4. The molecule has 1 aliphatic carbocycles. The largest absolute Gasteiger partial charge is 0.366 e. The van der Waals surface area contributed by atoms with E-state index in [1.807, 2.05) is 0 Å². The summed E-state index contributed by atoms with van der Waals surface area (Å²) < 4.78 is 0. The van der Waals surface area contributed by atoms with Gasteiger partial charge in [0.25, 0.3) is 0 Å². The molecule has 7 heteroatoms. The van der Waals surface area contributed by atoms with E-state index in [2.05, 4.69) is 10.6 Å². The minimum absolute atomic E-state index is 0.0687. The number of hydrogen-bond donors (Lipinski definition) is 3. The van der Waals surface area contributed by atoms with Gasteiger partial charge < -0.3 is 21.3 Å². The summed E-state index contributed by atoms with van der Waals surface area (Å²) in [4.78, 5) is 37.3.